The third-order valence-electron chi connectivity index (χ3n) is 1.85. The number of alkyl halides is 2. The molecule has 1 heterocycles. The summed E-state index contributed by atoms with van der Waals surface area (Å²) in [6.45, 7) is 1.29. The van der Waals surface area contributed by atoms with Crippen molar-refractivity contribution in [3.8, 4) is 0 Å². The Hall–Kier alpha value is -1.10. The minimum Gasteiger partial charge on any atom is -0.326 e. The summed E-state index contributed by atoms with van der Waals surface area (Å²) in [6, 6.07) is 0. The van der Waals surface area contributed by atoms with Crippen molar-refractivity contribution in [3.63, 3.8) is 0 Å². The monoisotopic (exact) mass is 190 g/mol. The van der Waals surface area contributed by atoms with Gasteiger partial charge in [-0.25, -0.2) is 13.2 Å². The first-order valence-corrected chi connectivity index (χ1v) is 3.70. The van der Waals surface area contributed by atoms with Gasteiger partial charge in [0.25, 0.3) is 6.43 Å². The Morgan fingerprint density at radius 1 is 1.54 bits per heavy atom. The Balaban J connectivity index is 3.27. The van der Waals surface area contributed by atoms with Gasteiger partial charge in [-0.15, -0.1) is 0 Å². The second-order valence-corrected chi connectivity index (χ2v) is 2.60. The predicted octanol–water partition coefficient (Wildman–Crippen LogP) is 1.93. The van der Waals surface area contributed by atoms with Crippen LogP contribution in [0.15, 0.2) is 6.20 Å². The molecule has 0 bridgehead atoms. The Kier molecular flexibility index (Phi) is 2.87. The number of hydrogen-bond acceptors (Lipinski definition) is 2. The molecule has 5 heteroatoms. The van der Waals surface area contributed by atoms with E-state index in [0.29, 0.717) is 0 Å². The molecule has 1 aromatic rings. The molecule has 1 rings (SSSR count). The Bertz CT molecular complexity index is 313. The summed E-state index contributed by atoms with van der Waals surface area (Å²) in [4.78, 5) is 3.31. The second-order valence-electron chi connectivity index (χ2n) is 2.60. The highest BCUT2D eigenvalue weighted by molar-refractivity contribution is 5.30. The lowest BCUT2D eigenvalue weighted by molar-refractivity contribution is 0.145. The van der Waals surface area contributed by atoms with E-state index in [1.807, 2.05) is 0 Å². The van der Waals surface area contributed by atoms with Gasteiger partial charge in [0.2, 0.25) is 0 Å². The smallest absolute Gasteiger partial charge is 0.280 e. The van der Waals surface area contributed by atoms with Crippen LogP contribution in [0, 0.1) is 12.7 Å². The standard InChI is InChI=1S/C8H9F3N2/c1-4-5(2-12)6(9)3-13-7(4)8(10)11/h3,8H,2,12H2,1H3. The first-order chi connectivity index (χ1) is 6.07. The third kappa shape index (κ3) is 1.80. The van der Waals surface area contributed by atoms with E-state index in [4.69, 9.17) is 5.73 Å². The summed E-state index contributed by atoms with van der Waals surface area (Å²) in [6.07, 6.45) is -1.91. The fourth-order valence-electron chi connectivity index (χ4n) is 1.11. The Morgan fingerprint density at radius 3 is 2.62 bits per heavy atom. The summed E-state index contributed by atoms with van der Waals surface area (Å²) in [5.41, 5.74) is 5.05. The van der Waals surface area contributed by atoms with E-state index in [-0.39, 0.29) is 17.7 Å². The van der Waals surface area contributed by atoms with E-state index in [1.165, 1.54) is 6.92 Å². The molecule has 0 spiro atoms. The zero-order valence-corrected chi connectivity index (χ0v) is 7.02. The molecule has 0 unspecified atom stereocenters. The van der Waals surface area contributed by atoms with Crippen molar-refractivity contribution in [2.24, 2.45) is 5.73 Å². The molecule has 2 N–H and O–H groups in total. The predicted molar refractivity (Wildman–Crippen MR) is 41.8 cm³/mol. The van der Waals surface area contributed by atoms with Gasteiger partial charge < -0.3 is 5.73 Å². The van der Waals surface area contributed by atoms with Gasteiger partial charge in [-0.2, -0.15) is 0 Å². The fourth-order valence-corrected chi connectivity index (χ4v) is 1.11. The highest BCUT2D eigenvalue weighted by atomic mass is 19.3. The molecule has 0 saturated carbocycles. The molecule has 2 nitrogen and oxygen atoms in total. The molecule has 0 amide bonds. The number of rotatable bonds is 2. The maximum Gasteiger partial charge on any atom is 0.280 e. The van der Waals surface area contributed by atoms with Gasteiger partial charge in [0.05, 0.1) is 6.20 Å². The molecule has 0 atom stereocenters. The van der Waals surface area contributed by atoms with Crippen LogP contribution in [0.1, 0.15) is 23.2 Å². The number of aromatic nitrogens is 1. The normalized spacial score (nSPS) is 10.9. The van der Waals surface area contributed by atoms with Gasteiger partial charge in [-0.1, -0.05) is 0 Å². The third-order valence-corrected chi connectivity index (χ3v) is 1.85. The van der Waals surface area contributed by atoms with E-state index in [0.717, 1.165) is 6.20 Å². The van der Waals surface area contributed by atoms with Crippen molar-refractivity contribution >= 4 is 0 Å². The summed E-state index contributed by atoms with van der Waals surface area (Å²) < 4.78 is 37.4. The molecule has 0 saturated heterocycles. The summed E-state index contributed by atoms with van der Waals surface area (Å²) in [7, 11) is 0. The topological polar surface area (TPSA) is 38.9 Å². The maximum atomic E-state index is 12.9. The molecule has 0 aliphatic heterocycles. The van der Waals surface area contributed by atoms with Crippen molar-refractivity contribution in [3.05, 3.63) is 28.8 Å². The first-order valence-electron chi connectivity index (χ1n) is 3.70. The fraction of sp³-hybridized carbons (Fsp3) is 0.375. The second kappa shape index (κ2) is 3.74. The van der Waals surface area contributed by atoms with Gasteiger partial charge in [-0.05, 0) is 12.5 Å². The molecular weight excluding hydrogens is 181 g/mol. The lowest BCUT2D eigenvalue weighted by Gasteiger charge is -2.08. The molecule has 1 aromatic heterocycles. The van der Waals surface area contributed by atoms with Gasteiger partial charge in [-0.3, -0.25) is 4.98 Å². The lowest BCUT2D eigenvalue weighted by Crippen LogP contribution is -2.07. The van der Waals surface area contributed by atoms with Crippen molar-refractivity contribution in [2.75, 3.05) is 0 Å². The molecule has 0 aliphatic rings. The lowest BCUT2D eigenvalue weighted by atomic mass is 10.1. The molecule has 13 heavy (non-hydrogen) atoms. The largest absolute Gasteiger partial charge is 0.326 e. The van der Waals surface area contributed by atoms with Gasteiger partial charge >= 0.3 is 0 Å². The van der Waals surface area contributed by atoms with Crippen LogP contribution in [0.3, 0.4) is 0 Å². The van der Waals surface area contributed by atoms with E-state index < -0.39 is 17.9 Å². The Labute approximate surface area is 73.6 Å². The zero-order chi connectivity index (χ0) is 10.0. The molecule has 0 radical (unpaired) electrons. The minimum atomic E-state index is -2.69. The number of pyridine rings is 1. The van der Waals surface area contributed by atoms with Crippen LogP contribution in [0.2, 0.25) is 0 Å². The number of nitrogens with two attached hydrogens (primary N) is 1. The van der Waals surface area contributed by atoms with Crippen molar-refractivity contribution in [2.45, 2.75) is 19.9 Å². The van der Waals surface area contributed by atoms with Crippen LogP contribution >= 0.6 is 0 Å². The summed E-state index contributed by atoms with van der Waals surface area (Å²) in [5, 5.41) is 0. The highest BCUT2D eigenvalue weighted by Gasteiger charge is 2.16. The molecule has 0 aromatic carbocycles. The molecule has 0 fully saturated rings. The van der Waals surface area contributed by atoms with Crippen molar-refractivity contribution in [1.82, 2.24) is 4.98 Å². The van der Waals surface area contributed by atoms with E-state index in [9.17, 15) is 13.2 Å². The van der Waals surface area contributed by atoms with Gasteiger partial charge in [0.15, 0.2) is 0 Å². The SMILES string of the molecule is Cc1c(C(F)F)ncc(F)c1CN. The average Bonchev–Trinajstić information content (AvgIpc) is 2.04. The van der Waals surface area contributed by atoms with Crippen LogP contribution in [-0.2, 0) is 6.54 Å². The zero-order valence-electron chi connectivity index (χ0n) is 7.02. The van der Waals surface area contributed by atoms with Crippen LogP contribution in [0.4, 0.5) is 13.2 Å². The first kappa shape index (κ1) is 9.98. The molecular formula is C8H9F3N2. The maximum absolute atomic E-state index is 12.9. The van der Waals surface area contributed by atoms with Crippen LogP contribution in [0.5, 0.6) is 0 Å². The molecule has 0 aliphatic carbocycles. The van der Waals surface area contributed by atoms with E-state index in [2.05, 4.69) is 4.98 Å². The highest BCUT2D eigenvalue weighted by Crippen LogP contribution is 2.23. The number of hydrogen-bond donors (Lipinski definition) is 1. The number of nitrogens with zero attached hydrogens (tertiary/aromatic N) is 1. The van der Waals surface area contributed by atoms with E-state index in [1.54, 1.807) is 0 Å². The molecule has 72 valence electrons. The average molecular weight is 190 g/mol. The summed E-state index contributed by atoms with van der Waals surface area (Å²) in [5.74, 6) is -0.635. The quantitative estimate of drug-likeness (QED) is 0.773. The van der Waals surface area contributed by atoms with E-state index >= 15 is 0 Å². The van der Waals surface area contributed by atoms with Gasteiger partial charge in [0, 0.05) is 12.1 Å². The van der Waals surface area contributed by atoms with Crippen molar-refractivity contribution < 1.29 is 13.2 Å². The van der Waals surface area contributed by atoms with Crippen LogP contribution in [-0.4, -0.2) is 4.98 Å². The Morgan fingerprint density at radius 2 is 2.15 bits per heavy atom. The van der Waals surface area contributed by atoms with Gasteiger partial charge in [0.1, 0.15) is 11.5 Å². The summed E-state index contributed by atoms with van der Waals surface area (Å²) >= 11 is 0. The van der Waals surface area contributed by atoms with Crippen LogP contribution in [0.25, 0.3) is 0 Å². The van der Waals surface area contributed by atoms with Crippen LogP contribution < -0.4 is 5.73 Å². The van der Waals surface area contributed by atoms with Crippen molar-refractivity contribution in [1.29, 1.82) is 0 Å². The number of halogens is 3. The minimum absolute atomic E-state index is 0.0973.